The molecule has 10 rings (SSSR count). The molecule has 2 N–H and O–H groups in total. The van der Waals surface area contributed by atoms with Gasteiger partial charge in [0.1, 0.15) is 22.6 Å². The third-order valence-corrected chi connectivity index (χ3v) is 14.2. The van der Waals surface area contributed by atoms with E-state index < -0.39 is 8.88 Å². The van der Waals surface area contributed by atoms with Crippen molar-refractivity contribution in [3.8, 4) is 0 Å². The van der Waals surface area contributed by atoms with E-state index in [9.17, 15) is 9.59 Å². The smallest absolute Gasteiger partial charge is 0.377 e. The van der Waals surface area contributed by atoms with Gasteiger partial charge in [-0.1, -0.05) is 132 Å². The minimum Gasteiger partial charge on any atom is -0.377 e. The van der Waals surface area contributed by atoms with Crippen LogP contribution in [0.5, 0.6) is 0 Å². The van der Waals surface area contributed by atoms with Gasteiger partial charge in [0.25, 0.3) is 0 Å². The van der Waals surface area contributed by atoms with Gasteiger partial charge in [0, 0.05) is 43.8 Å². The van der Waals surface area contributed by atoms with E-state index in [2.05, 4.69) is 144 Å². The van der Waals surface area contributed by atoms with Crippen LogP contribution in [0.2, 0.25) is 0 Å². The van der Waals surface area contributed by atoms with Crippen molar-refractivity contribution in [2.75, 3.05) is 0 Å². The molecule has 4 aliphatic rings. The van der Waals surface area contributed by atoms with E-state index in [-0.39, 0.29) is 21.7 Å². The molecule has 2 aromatic heterocycles. The predicted molar refractivity (Wildman–Crippen MR) is 240 cm³/mol. The Morgan fingerprint density at radius 2 is 0.746 bits per heavy atom. The van der Waals surface area contributed by atoms with Crippen molar-refractivity contribution in [3.05, 3.63) is 128 Å². The van der Waals surface area contributed by atoms with Crippen molar-refractivity contribution in [1.29, 1.82) is 0 Å². The summed E-state index contributed by atoms with van der Waals surface area (Å²) in [6.45, 7) is 26.1. The van der Waals surface area contributed by atoms with E-state index in [1.54, 1.807) is 8.47 Å². The van der Waals surface area contributed by atoms with Gasteiger partial charge in [-0.15, -0.1) is 0 Å². The molecule has 0 amide bonds. The summed E-state index contributed by atoms with van der Waals surface area (Å²) in [5.41, 5.74) is 7.71. The molecule has 6 bridgehead atoms. The second-order valence-corrected chi connectivity index (χ2v) is 22.7. The van der Waals surface area contributed by atoms with Crippen LogP contribution in [0.4, 0.5) is 11.6 Å². The van der Waals surface area contributed by atoms with Crippen molar-refractivity contribution in [1.82, 2.24) is 8.47 Å². The molecule has 0 spiro atoms. The lowest BCUT2D eigenvalue weighted by Crippen LogP contribution is -2.60. The molecule has 11 heteroatoms. The third-order valence-electron chi connectivity index (χ3n) is 12.2. The summed E-state index contributed by atoms with van der Waals surface area (Å²) in [6.07, 6.45) is 0. The number of fused-ring (bicyclic) bond motifs is 14. The lowest BCUT2D eigenvalue weighted by Gasteiger charge is -2.23. The van der Waals surface area contributed by atoms with Crippen molar-refractivity contribution in [3.63, 3.8) is 0 Å². The number of hydrogen-bond acceptors (Lipinski definition) is 8. The minimum absolute atomic E-state index is 0.143. The van der Waals surface area contributed by atoms with E-state index in [0.717, 1.165) is 66.1 Å². The number of aliphatic imine (C=N–C) groups is 4. The summed E-state index contributed by atoms with van der Waals surface area (Å²) in [5.74, 6) is 2.50. The normalized spacial score (nSPS) is 19.7. The number of benzene rings is 4. The topological polar surface area (TPSA) is 124 Å². The molecule has 0 aliphatic carbocycles. The van der Waals surface area contributed by atoms with Crippen LogP contribution in [0.1, 0.15) is 128 Å². The van der Waals surface area contributed by atoms with E-state index in [4.69, 9.17) is 30.0 Å². The summed E-state index contributed by atoms with van der Waals surface area (Å²) < 4.78 is 3.11. The monoisotopic (exact) mass is 798 g/mol. The van der Waals surface area contributed by atoms with Crippen LogP contribution < -0.4 is 11.0 Å². The van der Waals surface area contributed by atoms with Crippen LogP contribution >= 0.6 is 0 Å². The van der Waals surface area contributed by atoms with Gasteiger partial charge in [-0.25, -0.2) is 30.0 Å². The first-order valence-electron chi connectivity index (χ1n) is 20.4. The number of aromatic nitrogens is 2. The first-order chi connectivity index (χ1) is 27.5. The molecule has 0 saturated heterocycles. The largest absolute Gasteiger partial charge is 0.597 e. The van der Waals surface area contributed by atoms with Crippen LogP contribution in [0.15, 0.2) is 103 Å². The highest BCUT2D eigenvalue weighted by molar-refractivity contribution is 6.63. The Morgan fingerprint density at radius 3 is 1.25 bits per heavy atom. The first-order valence-corrected chi connectivity index (χ1v) is 22.2. The number of amidine groups is 4. The van der Waals surface area contributed by atoms with Crippen LogP contribution in [-0.4, -0.2) is 50.3 Å². The fourth-order valence-corrected chi connectivity index (χ4v) is 10.6. The number of nitrogens with zero attached hydrogens (tertiary/aromatic N) is 8. The molecule has 4 aliphatic heterocycles. The molecular weight excluding hydrogens is 749 g/mol. The predicted octanol–water partition coefficient (Wildman–Crippen LogP) is 8.55. The Hall–Kier alpha value is -5.62. The minimum atomic E-state index is -5.00. The summed E-state index contributed by atoms with van der Waals surface area (Å²) >= 11 is 0. The van der Waals surface area contributed by atoms with Crippen LogP contribution in [0, 0.1) is 0 Å². The van der Waals surface area contributed by atoms with Crippen LogP contribution in [0.25, 0.3) is 21.5 Å². The Balaban J connectivity index is 1.46. The highest BCUT2D eigenvalue weighted by atomic mass is 28.4. The van der Waals surface area contributed by atoms with Crippen molar-refractivity contribution >= 4 is 65.4 Å². The second-order valence-electron chi connectivity index (χ2n) is 20.6. The standard InChI is InChI=1S/C48H50N8O2Si/c1-45(2,3)25-13-17-29-33(21-25)39-49-37(29)51-43-36-24-28(48(10,11)12)16-20-32(36)42-54-40-34-22-26(46(4,5)6)14-18-30(34)38(50-40)52-44-35-23-27(47(7,8)9)15-19-31(35)41(53-39)55(44)59(57,58)56(42)43/h13-24,57-58H,1-12H3/b51-37-,51-43?,52-38?,52-44-,53-39?,53-41-,54-40-,54-42?. The van der Waals surface area contributed by atoms with Gasteiger partial charge < -0.3 is 9.59 Å². The molecule has 4 aromatic carbocycles. The summed E-state index contributed by atoms with van der Waals surface area (Å²) in [7, 11) is -5.00. The first kappa shape index (κ1) is 37.6. The maximum atomic E-state index is 13.4. The molecule has 0 saturated carbocycles. The maximum Gasteiger partial charge on any atom is 0.597 e. The van der Waals surface area contributed by atoms with E-state index >= 15 is 0 Å². The zero-order valence-electron chi connectivity index (χ0n) is 35.9. The highest BCUT2D eigenvalue weighted by Gasteiger charge is 2.47. The zero-order chi connectivity index (χ0) is 41.9. The Morgan fingerprint density at radius 1 is 0.373 bits per heavy atom. The Labute approximate surface area is 345 Å². The van der Waals surface area contributed by atoms with Crippen LogP contribution in [-0.2, 0) is 21.7 Å². The Bertz CT molecular complexity index is 3160. The van der Waals surface area contributed by atoms with E-state index in [0.29, 0.717) is 46.0 Å². The summed E-state index contributed by atoms with van der Waals surface area (Å²) in [6, 6.07) is 25.2. The fourth-order valence-electron chi connectivity index (χ4n) is 8.54. The fraction of sp³-hybridized carbons (Fsp3) is 0.333. The molecule has 0 radical (unpaired) electrons. The lowest BCUT2D eigenvalue weighted by atomic mass is 9.85. The van der Waals surface area contributed by atoms with Crippen molar-refractivity contribution in [2.45, 2.75) is 105 Å². The van der Waals surface area contributed by atoms with Gasteiger partial charge in [-0.05, 0) is 68.2 Å². The van der Waals surface area contributed by atoms with Crippen molar-refractivity contribution in [2.24, 2.45) is 30.0 Å². The van der Waals surface area contributed by atoms with E-state index in [1.807, 2.05) is 12.1 Å². The lowest BCUT2D eigenvalue weighted by molar-refractivity contribution is 0.324. The average molecular weight is 799 g/mol. The van der Waals surface area contributed by atoms with Crippen molar-refractivity contribution < 1.29 is 9.59 Å². The molecule has 298 valence electrons. The van der Waals surface area contributed by atoms with Gasteiger partial charge in [0.05, 0.1) is 0 Å². The molecule has 0 unspecified atom stereocenters. The zero-order valence-corrected chi connectivity index (χ0v) is 36.9. The quantitative estimate of drug-likeness (QED) is 0.150. The Kier molecular flexibility index (Phi) is 7.51. The molecule has 10 nitrogen and oxygen atoms in total. The average Bonchev–Trinajstić information content (AvgIpc) is 3.85. The molecule has 59 heavy (non-hydrogen) atoms. The SMILES string of the molecule is CC(C)(C)c1ccc2c(c1)C1=NC/2=N\c2c3cc(C(C)(C)C)ccc3c3n2[Si](O)(O)n2/c(c4ccc(C(C)(C)C)cc4/c2=N/C2=NC(=N\3)/c3cc(C(C)(C)C)ccc32)=N\1. The summed E-state index contributed by atoms with van der Waals surface area (Å²) in [4.78, 5) is 58.5. The molecule has 6 heterocycles. The molecular formula is C48H50N8O2Si. The number of hydrogen-bond donors (Lipinski definition) is 2. The summed E-state index contributed by atoms with van der Waals surface area (Å²) in [5, 5.41) is 2.90. The van der Waals surface area contributed by atoms with Gasteiger partial charge in [0.2, 0.25) is 0 Å². The maximum absolute atomic E-state index is 13.4. The van der Waals surface area contributed by atoms with Gasteiger partial charge in [-0.2, -0.15) is 0 Å². The molecule has 6 aromatic rings. The van der Waals surface area contributed by atoms with Gasteiger partial charge in [-0.3, -0.25) is 8.47 Å². The van der Waals surface area contributed by atoms with Gasteiger partial charge in [0.15, 0.2) is 23.3 Å². The number of rotatable bonds is 0. The molecule has 0 atom stereocenters. The second kappa shape index (κ2) is 11.8. The van der Waals surface area contributed by atoms with Gasteiger partial charge >= 0.3 is 8.88 Å². The highest BCUT2D eigenvalue weighted by Crippen LogP contribution is 2.44. The third kappa shape index (κ3) is 5.58. The van der Waals surface area contributed by atoms with Crippen LogP contribution in [0.3, 0.4) is 0 Å². The van der Waals surface area contributed by atoms with E-state index in [1.165, 1.54) is 0 Å². The molecule has 0 fully saturated rings.